The molecule has 7 heteroatoms. The Balaban J connectivity index is 1.76. The van der Waals surface area contributed by atoms with Gasteiger partial charge in [0.15, 0.2) is 0 Å². The van der Waals surface area contributed by atoms with Crippen LogP contribution in [0.1, 0.15) is 33.6 Å². The molecule has 0 saturated carbocycles. The first-order valence-electron chi connectivity index (χ1n) is 9.15. The minimum absolute atomic E-state index is 0.0833. The average molecular weight is 389 g/mol. The Labute approximate surface area is 164 Å². The van der Waals surface area contributed by atoms with Crippen molar-refractivity contribution in [1.82, 2.24) is 14.7 Å². The predicted molar refractivity (Wildman–Crippen MR) is 106 cm³/mol. The largest absolute Gasteiger partial charge is 0.341 e. The highest BCUT2D eigenvalue weighted by Gasteiger charge is 2.33. The molecule has 1 aliphatic heterocycles. The summed E-state index contributed by atoms with van der Waals surface area (Å²) in [5.41, 5.74) is 0.908. The molecule has 0 aliphatic carbocycles. The van der Waals surface area contributed by atoms with Crippen molar-refractivity contribution in [1.29, 1.82) is 0 Å². The summed E-state index contributed by atoms with van der Waals surface area (Å²) in [7, 11) is 0. The third kappa shape index (κ3) is 4.50. The SMILES string of the molecule is CC(C)(C)C(=O)N1CCCC(C(=O)Nc2cc(Cl)ccc2-n2cccn2)C1. The average Bonchev–Trinajstić information content (AvgIpc) is 3.15. The van der Waals surface area contributed by atoms with Crippen molar-refractivity contribution >= 4 is 29.1 Å². The van der Waals surface area contributed by atoms with Crippen LogP contribution in [0.5, 0.6) is 0 Å². The smallest absolute Gasteiger partial charge is 0.229 e. The number of aromatic nitrogens is 2. The highest BCUT2D eigenvalue weighted by molar-refractivity contribution is 6.31. The number of carbonyl (C=O) groups excluding carboxylic acids is 2. The highest BCUT2D eigenvalue weighted by atomic mass is 35.5. The van der Waals surface area contributed by atoms with E-state index in [0.717, 1.165) is 18.5 Å². The molecule has 0 bridgehead atoms. The molecule has 6 nitrogen and oxygen atoms in total. The number of halogens is 1. The van der Waals surface area contributed by atoms with Crippen molar-refractivity contribution in [2.24, 2.45) is 11.3 Å². The number of piperidine rings is 1. The Bertz CT molecular complexity index is 827. The van der Waals surface area contributed by atoms with Gasteiger partial charge in [0.05, 0.1) is 17.3 Å². The van der Waals surface area contributed by atoms with Gasteiger partial charge in [-0.15, -0.1) is 0 Å². The summed E-state index contributed by atoms with van der Waals surface area (Å²) in [6.07, 6.45) is 5.07. The van der Waals surface area contributed by atoms with E-state index in [-0.39, 0.29) is 17.7 Å². The number of carbonyl (C=O) groups is 2. The molecule has 144 valence electrons. The molecule has 1 unspecified atom stereocenters. The Hall–Kier alpha value is -2.34. The van der Waals surface area contributed by atoms with Gasteiger partial charge in [0.1, 0.15) is 0 Å². The van der Waals surface area contributed by atoms with Gasteiger partial charge in [0.25, 0.3) is 0 Å². The van der Waals surface area contributed by atoms with Crippen LogP contribution in [0.15, 0.2) is 36.7 Å². The van der Waals surface area contributed by atoms with Gasteiger partial charge in [-0.05, 0) is 37.1 Å². The van der Waals surface area contributed by atoms with Gasteiger partial charge in [0.2, 0.25) is 11.8 Å². The fourth-order valence-corrected chi connectivity index (χ4v) is 3.48. The molecule has 2 heterocycles. The van der Waals surface area contributed by atoms with Crippen LogP contribution in [0, 0.1) is 11.3 Å². The lowest BCUT2D eigenvalue weighted by Crippen LogP contribution is -2.47. The summed E-state index contributed by atoms with van der Waals surface area (Å²) in [5.74, 6) is -0.258. The fraction of sp³-hybridized carbons (Fsp3) is 0.450. The van der Waals surface area contributed by atoms with Crippen LogP contribution in [0.3, 0.4) is 0 Å². The second kappa shape index (κ2) is 7.72. The molecule has 1 aromatic carbocycles. The van der Waals surface area contributed by atoms with Crippen LogP contribution in [-0.2, 0) is 9.59 Å². The number of amides is 2. The molecular formula is C20H25ClN4O2. The third-order valence-electron chi connectivity index (χ3n) is 4.69. The van der Waals surface area contributed by atoms with E-state index in [1.54, 1.807) is 27.9 Å². The fourth-order valence-electron chi connectivity index (χ4n) is 3.30. The first kappa shape index (κ1) is 19.4. The zero-order chi connectivity index (χ0) is 19.6. The molecule has 1 N–H and O–H groups in total. The molecular weight excluding hydrogens is 364 g/mol. The standard InChI is InChI=1S/C20H25ClN4O2/c1-20(2,3)19(27)24-10-4-6-14(13-24)18(26)23-16-12-15(21)7-8-17(16)25-11-5-9-22-25/h5,7-9,11-12,14H,4,6,10,13H2,1-3H3,(H,23,26). The summed E-state index contributed by atoms with van der Waals surface area (Å²) < 4.78 is 1.68. The molecule has 1 fully saturated rings. The van der Waals surface area contributed by atoms with E-state index in [0.29, 0.717) is 23.8 Å². The van der Waals surface area contributed by atoms with Crippen molar-refractivity contribution in [3.8, 4) is 5.69 Å². The van der Waals surface area contributed by atoms with E-state index < -0.39 is 5.41 Å². The summed E-state index contributed by atoms with van der Waals surface area (Å²) in [4.78, 5) is 27.3. The molecule has 1 atom stereocenters. The monoisotopic (exact) mass is 388 g/mol. The first-order chi connectivity index (χ1) is 12.8. The maximum atomic E-state index is 12.9. The Morgan fingerprint density at radius 1 is 1.30 bits per heavy atom. The van der Waals surface area contributed by atoms with Gasteiger partial charge in [-0.3, -0.25) is 9.59 Å². The minimum Gasteiger partial charge on any atom is -0.341 e. The lowest BCUT2D eigenvalue weighted by molar-refractivity contribution is -0.142. The summed E-state index contributed by atoms with van der Waals surface area (Å²) >= 11 is 6.13. The number of hydrogen-bond donors (Lipinski definition) is 1. The number of anilines is 1. The minimum atomic E-state index is -0.446. The quantitative estimate of drug-likeness (QED) is 0.870. The Morgan fingerprint density at radius 2 is 2.07 bits per heavy atom. The predicted octanol–water partition coefficient (Wildman–Crippen LogP) is 3.75. The van der Waals surface area contributed by atoms with E-state index in [1.165, 1.54) is 0 Å². The lowest BCUT2D eigenvalue weighted by atomic mass is 9.91. The van der Waals surface area contributed by atoms with E-state index in [9.17, 15) is 9.59 Å². The number of hydrogen-bond acceptors (Lipinski definition) is 3. The van der Waals surface area contributed by atoms with Gasteiger partial charge in [-0.2, -0.15) is 5.10 Å². The topological polar surface area (TPSA) is 67.2 Å². The van der Waals surface area contributed by atoms with Gasteiger partial charge in [-0.1, -0.05) is 32.4 Å². The number of benzene rings is 1. The van der Waals surface area contributed by atoms with E-state index in [2.05, 4.69) is 10.4 Å². The second-order valence-corrected chi connectivity index (χ2v) is 8.38. The summed E-state index contributed by atoms with van der Waals surface area (Å²) in [6, 6.07) is 7.12. The van der Waals surface area contributed by atoms with Crippen molar-refractivity contribution < 1.29 is 9.59 Å². The van der Waals surface area contributed by atoms with E-state index >= 15 is 0 Å². The summed E-state index contributed by atoms with van der Waals surface area (Å²) in [5, 5.41) is 7.75. The molecule has 0 radical (unpaired) electrons. The highest BCUT2D eigenvalue weighted by Crippen LogP contribution is 2.27. The maximum Gasteiger partial charge on any atom is 0.229 e. The van der Waals surface area contributed by atoms with Crippen LogP contribution in [0.25, 0.3) is 5.69 Å². The van der Waals surface area contributed by atoms with Crippen LogP contribution < -0.4 is 5.32 Å². The molecule has 2 amide bonds. The molecule has 0 spiro atoms. The van der Waals surface area contributed by atoms with Gasteiger partial charge < -0.3 is 10.2 Å². The zero-order valence-corrected chi connectivity index (χ0v) is 16.7. The molecule has 27 heavy (non-hydrogen) atoms. The van der Waals surface area contributed by atoms with E-state index in [4.69, 9.17) is 11.6 Å². The van der Waals surface area contributed by atoms with Gasteiger partial charge in [0, 0.05) is 35.9 Å². The summed E-state index contributed by atoms with van der Waals surface area (Å²) in [6.45, 7) is 6.86. The molecule has 3 rings (SSSR count). The molecule has 1 aromatic heterocycles. The second-order valence-electron chi connectivity index (χ2n) is 7.94. The maximum absolute atomic E-state index is 12.9. The number of nitrogens with zero attached hydrogens (tertiary/aromatic N) is 3. The van der Waals surface area contributed by atoms with Crippen LogP contribution in [0.2, 0.25) is 5.02 Å². The number of likely N-dealkylation sites (tertiary alicyclic amines) is 1. The van der Waals surface area contributed by atoms with Gasteiger partial charge >= 0.3 is 0 Å². The third-order valence-corrected chi connectivity index (χ3v) is 4.92. The molecule has 1 aliphatic rings. The van der Waals surface area contributed by atoms with Crippen LogP contribution in [-0.4, -0.2) is 39.6 Å². The first-order valence-corrected chi connectivity index (χ1v) is 9.53. The van der Waals surface area contributed by atoms with Crippen molar-refractivity contribution in [2.45, 2.75) is 33.6 Å². The number of rotatable bonds is 3. The lowest BCUT2D eigenvalue weighted by Gasteiger charge is -2.36. The number of nitrogens with one attached hydrogen (secondary N) is 1. The van der Waals surface area contributed by atoms with Crippen LogP contribution >= 0.6 is 11.6 Å². The Morgan fingerprint density at radius 3 is 2.74 bits per heavy atom. The van der Waals surface area contributed by atoms with Crippen LogP contribution in [0.4, 0.5) is 5.69 Å². The Kier molecular flexibility index (Phi) is 5.56. The van der Waals surface area contributed by atoms with Crippen molar-refractivity contribution in [2.75, 3.05) is 18.4 Å². The van der Waals surface area contributed by atoms with Crippen molar-refractivity contribution in [3.63, 3.8) is 0 Å². The normalized spacial score (nSPS) is 17.6. The van der Waals surface area contributed by atoms with E-state index in [1.807, 2.05) is 39.1 Å². The zero-order valence-electron chi connectivity index (χ0n) is 15.9. The van der Waals surface area contributed by atoms with Crippen molar-refractivity contribution in [3.05, 3.63) is 41.7 Å². The van der Waals surface area contributed by atoms with Gasteiger partial charge in [-0.25, -0.2) is 4.68 Å². The molecule has 1 saturated heterocycles. The molecule has 2 aromatic rings.